The van der Waals surface area contributed by atoms with Gasteiger partial charge < -0.3 is 5.73 Å². The average Bonchev–Trinajstić information content (AvgIpc) is 3.27. The number of sulfone groups is 1. The first-order valence-electron chi connectivity index (χ1n) is 6.24. The summed E-state index contributed by atoms with van der Waals surface area (Å²) < 4.78 is 37.8. The van der Waals surface area contributed by atoms with E-state index in [9.17, 15) is 12.8 Å². The molecule has 4 nitrogen and oxygen atoms in total. The number of nitrogen functional groups attached to an aromatic ring is 1. The van der Waals surface area contributed by atoms with Crippen molar-refractivity contribution < 1.29 is 12.8 Å². The minimum Gasteiger partial charge on any atom is -0.381 e. The predicted molar refractivity (Wildman–Crippen MR) is 74.3 cm³/mol. The number of halogens is 1. The van der Waals surface area contributed by atoms with E-state index in [1.54, 1.807) is 24.3 Å². The van der Waals surface area contributed by atoms with Crippen LogP contribution in [0.5, 0.6) is 0 Å². The molecule has 0 unspecified atom stereocenters. The first-order valence-corrected chi connectivity index (χ1v) is 7.78. The zero-order chi connectivity index (χ0) is 14.3. The van der Waals surface area contributed by atoms with Crippen molar-refractivity contribution in [2.75, 3.05) is 5.73 Å². The number of anilines is 1. The molecule has 0 aliphatic heterocycles. The second kappa shape index (κ2) is 4.56. The third kappa shape index (κ3) is 2.27. The number of hydrogen-bond donors (Lipinski definition) is 1. The van der Waals surface area contributed by atoms with Gasteiger partial charge >= 0.3 is 0 Å². The van der Waals surface area contributed by atoms with Gasteiger partial charge in [0.1, 0.15) is 0 Å². The molecule has 0 radical (unpaired) electrons. The Morgan fingerprint density at radius 3 is 2.60 bits per heavy atom. The van der Waals surface area contributed by atoms with Crippen LogP contribution in [0, 0.1) is 5.82 Å². The van der Waals surface area contributed by atoms with Crippen LogP contribution in [-0.2, 0) is 9.84 Å². The normalized spacial score (nSPS) is 15.2. The highest BCUT2D eigenvalue weighted by Gasteiger charge is 2.36. The molecule has 104 valence electrons. The largest absolute Gasteiger partial charge is 0.381 e. The van der Waals surface area contributed by atoms with Crippen LogP contribution in [0.15, 0.2) is 41.4 Å². The van der Waals surface area contributed by atoms with E-state index in [-0.39, 0.29) is 16.0 Å². The van der Waals surface area contributed by atoms with Gasteiger partial charge in [-0.3, -0.25) is 0 Å². The third-order valence-corrected chi connectivity index (χ3v) is 5.59. The van der Waals surface area contributed by atoms with Crippen molar-refractivity contribution in [1.82, 2.24) is 4.98 Å². The summed E-state index contributed by atoms with van der Waals surface area (Å²) in [7, 11) is -3.25. The van der Waals surface area contributed by atoms with Crippen molar-refractivity contribution in [3.63, 3.8) is 0 Å². The second-order valence-electron chi connectivity index (χ2n) is 4.86. The van der Waals surface area contributed by atoms with E-state index in [1.807, 2.05) is 0 Å². The first kappa shape index (κ1) is 13.1. The Hall–Kier alpha value is -1.95. The van der Waals surface area contributed by atoms with Crippen LogP contribution in [0.1, 0.15) is 12.8 Å². The van der Waals surface area contributed by atoms with Crippen LogP contribution in [0.25, 0.3) is 11.1 Å². The minimum absolute atomic E-state index is 0.171. The molecule has 1 heterocycles. The summed E-state index contributed by atoms with van der Waals surface area (Å²) in [5.74, 6) is -0.784. The summed E-state index contributed by atoms with van der Waals surface area (Å²) in [4.78, 5) is 4.02. The van der Waals surface area contributed by atoms with E-state index in [2.05, 4.69) is 4.98 Å². The summed E-state index contributed by atoms with van der Waals surface area (Å²) in [6, 6.07) is 7.75. The second-order valence-corrected chi connectivity index (χ2v) is 7.09. The molecule has 6 heteroatoms. The molecule has 0 saturated heterocycles. The number of rotatable bonds is 3. The highest BCUT2D eigenvalue weighted by molar-refractivity contribution is 7.92. The molecule has 0 bridgehead atoms. The van der Waals surface area contributed by atoms with Crippen LogP contribution >= 0.6 is 0 Å². The van der Waals surface area contributed by atoms with Gasteiger partial charge in [0, 0.05) is 11.8 Å². The Labute approximate surface area is 116 Å². The highest BCUT2D eigenvalue weighted by atomic mass is 32.2. The van der Waals surface area contributed by atoms with Crippen molar-refractivity contribution >= 4 is 15.7 Å². The van der Waals surface area contributed by atoms with E-state index in [1.165, 1.54) is 12.3 Å². The number of pyridine rings is 1. The summed E-state index contributed by atoms with van der Waals surface area (Å²) >= 11 is 0. The maximum absolute atomic E-state index is 13.4. The van der Waals surface area contributed by atoms with E-state index in [0.717, 1.165) is 0 Å². The molecule has 1 aliphatic rings. The van der Waals surface area contributed by atoms with Gasteiger partial charge in [-0.25, -0.2) is 17.8 Å². The molecule has 0 atom stereocenters. The van der Waals surface area contributed by atoms with Gasteiger partial charge in [0.2, 0.25) is 0 Å². The van der Waals surface area contributed by atoms with Crippen molar-refractivity contribution in [1.29, 1.82) is 0 Å². The van der Waals surface area contributed by atoms with E-state index in [4.69, 9.17) is 5.73 Å². The van der Waals surface area contributed by atoms with Crippen LogP contribution in [0.3, 0.4) is 0 Å². The van der Waals surface area contributed by atoms with E-state index >= 15 is 0 Å². The monoisotopic (exact) mass is 292 g/mol. The fourth-order valence-corrected chi connectivity index (χ4v) is 3.73. The smallest absolute Gasteiger partial charge is 0.181 e. The summed E-state index contributed by atoms with van der Waals surface area (Å²) in [6.07, 6.45) is 2.86. The van der Waals surface area contributed by atoms with Gasteiger partial charge in [-0.2, -0.15) is 0 Å². The van der Waals surface area contributed by atoms with Gasteiger partial charge in [-0.1, -0.05) is 12.1 Å². The Bertz CT molecular complexity index is 770. The minimum atomic E-state index is -3.25. The fraction of sp³-hybridized carbons (Fsp3) is 0.214. The van der Waals surface area contributed by atoms with Crippen LogP contribution in [0.4, 0.5) is 10.2 Å². The summed E-state index contributed by atoms with van der Waals surface area (Å²) in [5.41, 5.74) is 6.45. The fourth-order valence-electron chi connectivity index (χ4n) is 2.03. The average molecular weight is 292 g/mol. The third-order valence-electron chi connectivity index (χ3n) is 3.33. The molecular formula is C14H13FN2O2S. The molecule has 1 aliphatic carbocycles. The van der Waals surface area contributed by atoms with E-state index < -0.39 is 15.7 Å². The first-order chi connectivity index (χ1) is 9.48. The predicted octanol–water partition coefficient (Wildman–Crippen LogP) is 2.41. The van der Waals surface area contributed by atoms with Crippen molar-refractivity contribution in [3.05, 3.63) is 42.3 Å². The van der Waals surface area contributed by atoms with Crippen molar-refractivity contribution in [3.8, 4) is 11.1 Å². The van der Waals surface area contributed by atoms with Crippen molar-refractivity contribution in [2.24, 2.45) is 0 Å². The number of nitrogens with two attached hydrogens (primary N) is 1. The number of nitrogens with zero attached hydrogens (tertiary/aromatic N) is 1. The molecule has 1 saturated carbocycles. The maximum Gasteiger partial charge on any atom is 0.181 e. The van der Waals surface area contributed by atoms with Gasteiger partial charge in [-0.15, -0.1) is 0 Å². The zero-order valence-corrected chi connectivity index (χ0v) is 11.4. The van der Waals surface area contributed by atoms with Gasteiger partial charge in [0.05, 0.1) is 10.1 Å². The lowest BCUT2D eigenvalue weighted by atomic mass is 10.1. The summed E-state index contributed by atoms with van der Waals surface area (Å²) in [5, 5.41) is -0.265. The Morgan fingerprint density at radius 2 is 1.95 bits per heavy atom. The van der Waals surface area contributed by atoms with Crippen molar-refractivity contribution in [2.45, 2.75) is 23.0 Å². The molecule has 1 aromatic carbocycles. The number of benzene rings is 1. The molecular weight excluding hydrogens is 279 g/mol. The lowest BCUT2D eigenvalue weighted by Crippen LogP contribution is -2.07. The lowest BCUT2D eigenvalue weighted by molar-refractivity contribution is 0.595. The molecule has 0 amide bonds. The summed E-state index contributed by atoms with van der Waals surface area (Å²) in [6.45, 7) is 0. The van der Waals surface area contributed by atoms with Crippen LogP contribution < -0.4 is 5.73 Å². The molecule has 0 spiro atoms. The SMILES string of the molecule is Nc1ncc(-c2cccc(S(=O)(=O)C3CC3)c2)cc1F. The molecule has 20 heavy (non-hydrogen) atoms. The maximum atomic E-state index is 13.4. The van der Waals surface area contributed by atoms with Gasteiger partial charge in [0.25, 0.3) is 0 Å². The molecule has 2 N–H and O–H groups in total. The topological polar surface area (TPSA) is 73.0 Å². The number of hydrogen-bond acceptors (Lipinski definition) is 4. The Kier molecular flexibility index (Phi) is 2.97. The van der Waals surface area contributed by atoms with Crippen LogP contribution in [-0.4, -0.2) is 18.7 Å². The molecule has 3 rings (SSSR count). The van der Waals surface area contributed by atoms with E-state index in [0.29, 0.717) is 24.0 Å². The Balaban J connectivity index is 2.05. The quantitative estimate of drug-likeness (QED) is 0.942. The van der Waals surface area contributed by atoms with Gasteiger partial charge in [-0.05, 0) is 36.6 Å². The lowest BCUT2D eigenvalue weighted by Gasteiger charge is -2.07. The number of aromatic nitrogens is 1. The van der Waals surface area contributed by atoms with Crippen LogP contribution in [0.2, 0.25) is 0 Å². The Morgan fingerprint density at radius 1 is 1.20 bits per heavy atom. The zero-order valence-electron chi connectivity index (χ0n) is 10.6. The van der Waals surface area contributed by atoms with Gasteiger partial charge in [0.15, 0.2) is 21.5 Å². The standard InChI is InChI=1S/C14H13FN2O2S/c15-13-7-10(8-17-14(13)16)9-2-1-3-12(6-9)20(18,19)11-4-5-11/h1-3,6-8,11H,4-5H2,(H2,16,17). The highest BCUT2D eigenvalue weighted by Crippen LogP contribution is 2.34. The molecule has 2 aromatic rings. The molecule has 1 aromatic heterocycles. The molecule has 1 fully saturated rings.